The first-order valence-corrected chi connectivity index (χ1v) is 6.42. The van der Waals surface area contributed by atoms with Gasteiger partial charge in [0.2, 0.25) is 0 Å². The highest BCUT2D eigenvalue weighted by atomic mass is 16.3. The largest absolute Gasteiger partial charge is 0.387 e. The van der Waals surface area contributed by atoms with Crippen LogP contribution in [-0.2, 0) is 0 Å². The minimum absolute atomic E-state index is 0.255. The summed E-state index contributed by atoms with van der Waals surface area (Å²) in [5.74, 6) is 0. The predicted molar refractivity (Wildman–Crippen MR) is 65.0 cm³/mol. The zero-order chi connectivity index (χ0) is 10.9. The fraction of sp³-hybridized carbons (Fsp3) is 0.846. The fourth-order valence-electron chi connectivity index (χ4n) is 2.07. The first kappa shape index (κ1) is 12.7. The molecule has 0 fully saturated rings. The first-order valence-electron chi connectivity index (χ1n) is 6.42. The Hall–Kier alpha value is -0.340. The number of hydrogen-bond donors (Lipinski definition) is 2. The molecular weight excluding hydrogens is 186 g/mol. The van der Waals surface area contributed by atoms with Crippen molar-refractivity contribution in [2.75, 3.05) is 13.1 Å². The topological polar surface area (TPSA) is 32.3 Å². The molecule has 0 aromatic carbocycles. The number of nitrogens with one attached hydrogen (secondary N) is 1. The molecule has 15 heavy (non-hydrogen) atoms. The molecule has 88 valence electrons. The van der Waals surface area contributed by atoms with Crippen LogP contribution in [0.2, 0.25) is 0 Å². The smallest absolute Gasteiger partial charge is 0.0874 e. The zero-order valence-corrected chi connectivity index (χ0v) is 9.97. The first-order chi connectivity index (χ1) is 7.34. The van der Waals surface area contributed by atoms with E-state index in [1.54, 1.807) is 0 Å². The van der Waals surface area contributed by atoms with Gasteiger partial charge < -0.3 is 10.4 Å². The SMILES string of the molecule is CCCNCC(O)C1=CCCCCCC1. The summed E-state index contributed by atoms with van der Waals surface area (Å²) in [5, 5.41) is 13.3. The van der Waals surface area contributed by atoms with Gasteiger partial charge in [-0.1, -0.05) is 25.8 Å². The van der Waals surface area contributed by atoms with Crippen molar-refractivity contribution in [3.8, 4) is 0 Å². The van der Waals surface area contributed by atoms with E-state index in [2.05, 4.69) is 18.3 Å². The predicted octanol–water partition coefficient (Wildman–Crippen LogP) is 2.63. The summed E-state index contributed by atoms with van der Waals surface area (Å²) in [6.07, 6.45) is 10.6. The minimum Gasteiger partial charge on any atom is -0.387 e. The van der Waals surface area contributed by atoms with E-state index in [1.807, 2.05) is 0 Å². The van der Waals surface area contributed by atoms with Crippen LogP contribution in [0.1, 0.15) is 51.9 Å². The van der Waals surface area contributed by atoms with Crippen molar-refractivity contribution >= 4 is 0 Å². The van der Waals surface area contributed by atoms with Crippen molar-refractivity contribution in [1.82, 2.24) is 5.32 Å². The number of hydrogen-bond acceptors (Lipinski definition) is 2. The van der Waals surface area contributed by atoms with Crippen LogP contribution in [0.3, 0.4) is 0 Å². The highest BCUT2D eigenvalue weighted by molar-refractivity contribution is 5.09. The van der Waals surface area contributed by atoms with Crippen LogP contribution in [0.15, 0.2) is 11.6 Å². The summed E-state index contributed by atoms with van der Waals surface area (Å²) in [6, 6.07) is 0. The summed E-state index contributed by atoms with van der Waals surface area (Å²) in [7, 11) is 0. The standard InChI is InChI=1S/C13H25NO/c1-2-10-14-11-13(15)12-8-6-4-3-5-7-9-12/h8,13-15H,2-7,9-11H2,1H3. The second kappa shape index (κ2) is 7.89. The van der Waals surface area contributed by atoms with E-state index in [0.29, 0.717) is 0 Å². The Morgan fingerprint density at radius 3 is 2.93 bits per heavy atom. The molecule has 1 atom stereocenters. The molecular formula is C13H25NO. The van der Waals surface area contributed by atoms with Gasteiger partial charge in [0, 0.05) is 6.54 Å². The van der Waals surface area contributed by atoms with Crippen molar-refractivity contribution in [1.29, 1.82) is 0 Å². The van der Waals surface area contributed by atoms with E-state index in [1.165, 1.54) is 31.3 Å². The lowest BCUT2D eigenvalue weighted by atomic mass is 9.96. The average Bonchev–Trinajstić information content (AvgIpc) is 2.17. The van der Waals surface area contributed by atoms with Gasteiger partial charge in [0.25, 0.3) is 0 Å². The summed E-state index contributed by atoms with van der Waals surface area (Å²) in [4.78, 5) is 0. The lowest BCUT2D eigenvalue weighted by molar-refractivity contribution is 0.201. The number of aliphatic hydroxyl groups excluding tert-OH is 1. The van der Waals surface area contributed by atoms with Gasteiger partial charge in [0.1, 0.15) is 0 Å². The van der Waals surface area contributed by atoms with Crippen LogP contribution in [0.4, 0.5) is 0 Å². The molecule has 1 rings (SSSR count). The lowest BCUT2D eigenvalue weighted by Gasteiger charge is -2.17. The second-order valence-electron chi connectivity index (χ2n) is 4.45. The summed E-state index contributed by atoms with van der Waals surface area (Å²) in [5.41, 5.74) is 1.26. The van der Waals surface area contributed by atoms with E-state index >= 15 is 0 Å². The minimum atomic E-state index is -0.255. The second-order valence-corrected chi connectivity index (χ2v) is 4.45. The number of aliphatic hydroxyl groups is 1. The molecule has 2 nitrogen and oxygen atoms in total. The van der Waals surface area contributed by atoms with Gasteiger partial charge in [-0.15, -0.1) is 0 Å². The Morgan fingerprint density at radius 2 is 2.13 bits per heavy atom. The molecule has 0 aromatic rings. The Bertz CT molecular complexity index is 189. The average molecular weight is 211 g/mol. The van der Waals surface area contributed by atoms with Crippen LogP contribution in [0.5, 0.6) is 0 Å². The van der Waals surface area contributed by atoms with Gasteiger partial charge in [-0.2, -0.15) is 0 Å². The van der Waals surface area contributed by atoms with Crippen LogP contribution in [-0.4, -0.2) is 24.3 Å². The van der Waals surface area contributed by atoms with Gasteiger partial charge >= 0.3 is 0 Å². The zero-order valence-electron chi connectivity index (χ0n) is 9.97. The molecule has 0 saturated heterocycles. The van der Waals surface area contributed by atoms with Gasteiger partial charge in [-0.05, 0) is 44.2 Å². The third-order valence-corrected chi connectivity index (χ3v) is 3.02. The summed E-state index contributed by atoms with van der Waals surface area (Å²) >= 11 is 0. The Labute approximate surface area is 93.8 Å². The van der Waals surface area contributed by atoms with Gasteiger partial charge in [-0.3, -0.25) is 0 Å². The van der Waals surface area contributed by atoms with E-state index in [4.69, 9.17) is 0 Å². The maximum Gasteiger partial charge on any atom is 0.0874 e. The summed E-state index contributed by atoms with van der Waals surface area (Å²) in [6.45, 7) is 3.87. The molecule has 2 N–H and O–H groups in total. The highest BCUT2D eigenvalue weighted by Gasteiger charge is 2.11. The maximum absolute atomic E-state index is 9.99. The molecule has 0 radical (unpaired) electrons. The highest BCUT2D eigenvalue weighted by Crippen LogP contribution is 2.19. The van der Waals surface area contributed by atoms with Crippen molar-refractivity contribution in [2.45, 2.75) is 58.0 Å². The van der Waals surface area contributed by atoms with Crippen molar-refractivity contribution < 1.29 is 5.11 Å². The quantitative estimate of drug-likeness (QED) is 0.541. The van der Waals surface area contributed by atoms with Gasteiger partial charge in [0.15, 0.2) is 0 Å². The molecule has 0 spiro atoms. The molecule has 1 aliphatic carbocycles. The summed E-state index contributed by atoms with van der Waals surface area (Å²) < 4.78 is 0. The molecule has 0 heterocycles. The van der Waals surface area contributed by atoms with Gasteiger partial charge in [-0.25, -0.2) is 0 Å². The Morgan fingerprint density at radius 1 is 1.33 bits per heavy atom. The molecule has 1 unspecified atom stereocenters. The maximum atomic E-state index is 9.99. The van der Waals surface area contributed by atoms with Crippen molar-refractivity contribution in [3.63, 3.8) is 0 Å². The van der Waals surface area contributed by atoms with Crippen molar-refractivity contribution in [3.05, 3.63) is 11.6 Å². The molecule has 0 aromatic heterocycles. The van der Waals surface area contributed by atoms with E-state index in [0.717, 1.165) is 32.4 Å². The van der Waals surface area contributed by atoms with E-state index < -0.39 is 0 Å². The monoisotopic (exact) mass is 211 g/mol. The third-order valence-electron chi connectivity index (χ3n) is 3.02. The van der Waals surface area contributed by atoms with Crippen LogP contribution in [0, 0.1) is 0 Å². The lowest BCUT2D eigenvalue weighted by Crippen LogP contribution is -2.29. The number of allylic oxidation sites excluding steroid dienone is 1. The van der Waals surface area contributed by atoms with E-state index in [-0.39, 0.29) is 6.10 Å². The molecule has 0 saturated carbocycles. The molecule has 2 heteroatoms. The third kappa shape index (κ3) is 5.33. The molecule has 0 amide bonds. The Kier molecular flexibility index (Phi) is 6.69. The molecule has 1 aliphatic rings. The molecule has 0 aliphatic heterocycles. The van der Waals surface area contributed by atoms with Crippen LogP contribution >= 0.6 is 0 Å². The number of rotatable bonds is 5. The molecule has 0 bridgehead atoms. The van der Waals surface area contributed by atoms with E-state index in [9.17, 15) is 5.11 Å². The normalized spacial score (nSPS) is 20.3. The Balaban J connectivity index is 2.30. The fourth-order valence-corrected chi connectivity index (χ4v) is 2.07. The van der Waals surface area contributed by atoms with Crippen LogP contribution in [0.25, 0.3) is 0 Å². The van der Waals surface area contributed by atoms with Crippen LogP contribution < -0.4 is 5.32 Å². The van der Waals surface area contributed by atoms with Gasteiger partial charge in [0.05, 0.1) is 6.10 Å². The van der Waals surface area contributed by atoms with Crippen molar-refractivity contribution in [2.24, 2.45) is 0 Å².